The van der Waals surface area contributed by atoms with E-state index in [9.17, 15) is 24.0 Å². The van der Waals surface area contributed by atoms with E-state index in [2.05, 4.69) is 16.0 Å². The zero-order valence-electron chi connectivity index (χ0n) is 13.5. The average Bonchev–Trinajstić information content (AvgIpc) is 3.03. The van der Waals surface area contributed by atoms with Crippen LogP contribution in [0.4, 0.5) is 0 Å². The van der Waals surface area contributed by atoms with Gasteiger partial charge in [-0.05, 0) is 25.8 Å². The summed E-state index contributed by atoms with van der Waals surface area (Å²) in [6.45, 7) is 0.641. The fourth-order valence-corrected chi connectivity index (χ4v) is 2.38. The molecule has 0 aromatic carbocycles. The van der Waals surface area contributed by atoms with E-state index in [0.29, 0.717) is 13.0 Å². The predicted octanol–water partition coefficient (Wildman–Crippen LogP) is -2.47. The maximum Gasteiger partial charge on any atom is 0.326 e. The Kier molecular flexibility index (Phi) is 7.79. The van der Waals surface area contributed by atoms with Crippen LogP contribution in [0.25, 0.3) is 0 Å². The van der Waals surface area contributed by atoms with Crippen molar-refractivity contribution in [2.45, 2.75) is 50.2 Å². The molecule has 3 amide bonds. The summed E-state index contributed by atoms with van der Waals surface area (Å²) in [6, 6.07) is -3.37. The zero-order valence-corrected chi connectivity index (χ0v) is 13.5. The molecule has 0 saturated carbocycles. The van der Waals surface area contributed by atoms with Crippen molar-refractivity contribution in [3.05, 3.63) is 0 Å². The highest BCUT2D eigenvalue weighted by Gasteiger charge is 2.31. The van der Waals surface area contributed by atoms with E-state index in [4.69, 9.17) is 15.9 Å². The van der Waals surface area contributed by atoms with Gasteiger partial charge in [-0.1, -0.05) is 0 Å². The number of hydrogen-bond acceptors (Lipinski definition) is 6. The van der Waals surface area contributed by atoms with Crippen LogP contribution in [0.5, 0.6) is 0 Å². The van der Waals surface area contributed by atoms with Crippen LogP contribution < -0.4 is 21.7 Å². The van der Waals surface area contributed by atoms with E-state index in [1.807, 2.05) is 0 Å². The second-order valence-electron chi connectivity index (χ2n) is 5.71. The smallest absolute Gasteiger partial charge is 0.326 e. The van der Waals surface area contributed by atoms with Crippen LogP contribution in [-0.4, -0.2) is 64.5 Å². The van der Waals surface area contributed by atoms with Crippen molar-refractivity contribution in [2.75, 3.05) is 6.54 Å². The Labute approximate surface area is 143 Å². The summed E-state index contributed by atoms with van der Waals surface area (Å²) in [4.78, 5) is 57.1. The van der Waals surface area contributed by atoms with Crippen LogP contribution in [0.15, 0.2) is 0 Å². The highest BCUT2D eigenvalue weighted by atomic mass is 16.4. The minimum Gasteiger partial charge on any atom is -0.481 e. The molecule has 0 radical (unpaired) electrons. The summed E-state index contributed by atoms with van der Waals surface area (Å²) in [7, 11) is 0. The van der Waals surface area contributed by atoms with E-state index in [0.717, 1.165) is 6.42 Å². The van der Waals surface area contributed by atoms with Gasteiger partial charge >= 0.3 is 11.9 Å². The van der Waals surface area contributed by atoms with Crippen LogP contribution in [-0.2, 0) is 24.0 Å². The quantitative estimate of drug-likeness (QED) is 0.248. The SMILES string of the molecule is NC(=O)CC[C@H](NC(=O)[C@H](CC(=O)O)NC(=O)[C@@H]1CCCN1)C(=O)O. The first-order valence-electron chi connectivity index (χ1n) is 7.77. The van der Waals surface area contributed by atoms with Gasteiger partial charge in [0.15, 0.2) is 0 Å². The molecule has 0 spiro atoms. The van der Waals surface area contributed by atoms with Crippen molar-refractivity contribution in [3.8, 4) is 0 Å². The molecule has 7 N–H and O–H groups in total. The highest BCUT2D eigenvalue weighted by Crippen LogP contribution is 2.06. The molecular formula is C14H22N4O7. The number of carbonyl (C=O) groups excluding carboxylic acids is 3. The highest BCUT2D eigenvalue weighted by molar-refractivity contribution is 5.94. The lowest BCUT2D eigenvalue weighted by atomic mass is 10.1. The first-order valence-corrected chi connectivity index (χ1v) is 7.77. The molecule has 11 heteroatoms. The molecule has 25 heavy (non-hydrogen) atoms. The number of primary amides is 1. The summed E-state index contributed by atoms with van der Waals surface area (Å²) < 4.78 is 0. The normalized spacial score (nSPS) is 18.8. The Hall–Kier alpha value is -2.69. The Bertz CT molecular complexity index is 545. The largest absolute Gasteiger partial charge is 0.481 e. The van der Waals surface area contributed by atoms with E-state index in [1.54, 1.807) is 0 Å². The summed E-state index contributed by atoms with van der Waals surface area (Å²) in [6.07, 6.45) is 0.131. The molecule has 1 fully saturated rings. The van der Waals surface area contributed by atoms with Crippen LogP contribution in [0.1, 0.15) is 32.1 Å². The number of nitrogens with two attached hydrogens (primary N) is 1. The molecule has 11 nitrogen and oxygen atoms in total. The van der Waals surface area contributed by atoms with E-state index >= 15 is 0 Å². The Balaban J connectivity index is 2.72. The van der Waals surface area contributed by atoms with Crippen LogP contribution in [0.3, 0.4) is 0 Å². The second kappa shape index (κ2) is 9.57. The molecule has 0 unspecified atom stereocenters. The van der Waals surface area contributed by atoms with Crippen LogP contribution >= 0.6 is 0 Å². The van der Waals surface area contributed by atoms with Crippen molar-refractivity contribution >= 4 is 29.7 Å². The van der Waals surface area contributed by atoms with Crippen molar-refractivity contribution < 1.29 is 34.2 Å². The lowest BCUT2D eigenvalue weighted by Crippen LogP contribution is -2.55. The number of carboxylic acid groups (broad SMARTS) is 2. The van der Waals surface area contributed by atoms with Gasteiger partial charge in [0.1, 0.15) is 12.1 Å². The topological polar surface area (TPSA) is 188 Å². The maximum absolute atomic E-state index is 12.2. The van der Waals surface area contributed by atoms with Gasteiger partial charge in [0.05, 0.1) is 12.5 Å². The van der Waals surface area contributed by atoms with Crippen molar-refractivity contribution in [2.24, 2.45) is 5.73 Å². The number of amides is 3. The molecule has 1 rings (SSSR count). The van der Waals surface area contributed by atoms with Crippen molar-refractivity contribution in [3.63, 3.8) is 0 Å². The van der Waals surface area contributed by atoms with Crippen LogP contribution in [0, 0.1) is 0 Å². The number of aliphatic carboxylic acids is 2. The minimum atomic E-state index is -1.43. The predicted molar refractivity (Wildman–Crippen MR) is 83.2 cm³/mol. The first kappa shape index (κ1) is 20.4. The summed E-state index contributed by atoms with van der Waals surface area (Å²) in [5, 5.41) is 25.3. The van der Waals surface area contributed by atoms with Crippen LogP contribution in [0.2, 0.25) is 0 Å². The minimum absolute atomic E-state index is 0.242. The molecule has 1 aliphatic rings. The van der Waals surface area contributed by atoms with Gasteiger partial charge in [-0.15, -0.1) is 0 Å². The molecule has 0 bridgehead atoms. The third-order valence-corrected chi connectivity index (χ3v) is 3.68. The van der Waals surface area contributed by atoms with Gasteiger partial charge in [-0.3, -0.25) is 19.2 Å². The fraction of sp³-hybridized carbons (Fsp3) is 0.643. The number of hydrogen-bond donors (Lipinski definition) is 6. The Morgan fingerprint density at radius 3 is 2.28 bits per heavy atom. The van der Waals surface area contributed by atoms with E-state index in [-0.39, 0.29) is 12.8 Å². The van der Waals surface area contributed by atoms with Gasteiger partial charge in [0, 0.05) is 6.42 Å². The summed E-state index contributed by atoms with van der Waals surface area (Å²) >= 11 is 0. The Morgan fingerprint density at radius 1 is 1.12 bits per heavy atom. The fourth-order valence-electron chi connectivity index (χ4n) is 2.38. The summed E-state index contributed by atoms with van der Waals surface area (Å²) in [5.41, 5.74) is 4.95. The molecule has 1 heterocycles. The second-order valence-corrected chi connectivity index (χ2v) is 5.71. The van der Waals surface area contributed by atoms with Gasteiger partial charge in [0.2, 0.25) is 17.7 Å². The van der Waals surface area contributed by atoms with Gasteiger partial charge in [-0.2, -0.15) is 0 Å². The molecule has 3 atom stereocenters. The van der Waals surface area contributed by atoms with Gasteiger partial charge in [-0.25, -0.2) is 4.79 Å². The van der Waals surface area contributed by atoms with Crippen molar-refractivity contribution in [1.82, 2.24) is 16.0 Å². The number of nitrogens with one attached hydrogen (secondary N) is 3. The standard InChI is InChI=1S/C14H22N4O7/c15-10(19)4-3-8(14(24)25)17-13(23)9(6-11(20)21)18-12(22)7-2-1-5-16-7/h7-9,16H,1-6H2,(H2,15,19)(H,17,23)(H,18,22)(H,20,21)(H,24,25)/t7-,8-,9-/m0/s1. The first-order chi connectivity index (χ1) is 11.7. The zero-order chi connectivity index (χ0) is 19.0. The molecule has 140 valence electrons. The Morgan fingerprint density at radius 2 is 1.80 bits per heavy atom. The van der Waals surface area contributed by atoms with E-state index in [1.165, 1.54) is 0 Å². The lowest BCUT2D eigenvalue weighted by Gasteiger charge is -2.21. The number of carbonyl (C=O) groups is 5. The average molecular weight is 358 g/mol. The van der Waals surface area contributed by atoms with Gasteiger partial charge < -0.3 is 31.9 Å². The third kappa shape index (κ3) is 7.16. The molecule has 0 aromatic heterocycles. The van der Waals surface area contributed by atoms with Crippen molar-refractivity contribution in [1.29, 1.82) is 0 Å². The molecule has 1 saturated heterocycles. The monoisotopic (exact) mass is 358 g/mol. The van der Waals surface area contributed by atoms with Gasteiger partial charge in [0.25, 0.3) is 0 Å². The molecule has 0 aromatic rings. The molecular weight excluding hydrogens is 336 g/mol. The van der Waals surface area contributed by atoms with E-state index < -0.39 is 54.2 Å². The number of carboxylic acids is 2. The maximum atomic E-state index is 12.2. The lowest BCUT2D eigenvalue weighted by molar-refractivity contribution is -0.143. The molecule has 1 aliphatic heterocycles. The number of rotatable bonds is 10. The summed E-state index contributed by atoms with van der Waals surface area (Å²) in [5.74, 6) is -4.94. The molecule has 0 aliphatic carbocycles. The third-order valence-electron chi connectivity index (χ3n) is 3.68.